The summed E-state index contributed by atoms with van der Waals surface area (Å²) in [7, 11) is -3.65. The number of benzene rings is 2. The van der Waals surface area contributed by atoms with E-state index in [0.29, 0.717) is 35.5 Å². The molecule has 0 bridgehead atoms. The molecular formula is C23H28N2O5S. The fourth-order valence-corrected chi connectivity index (χ4v) is 5.37. The van der Waals surface area contributed by atoms with Gasteiger partial charge in [0.05, 0.1) is 17.1 Å². The molecule has 1 N–H and O–H groups in total. The standard InChI is InChI=1S/C23H28N2O5S/c1-4-30-23(27)19-10-11-20(17(3)14-19)24-22(26)18-9-8-16(2)21(15-18)31(28,29)25-12-6-5-7-13-25/h8-11,14-15H,4-7,12-13H2,1-3H3,(H,24,26). The number of carbonyl (C=O) groups excluding carboxylic acids is 2. The molecule has 0 unspecified atom stereocenters. The Morgan fingerprint density at radius 1 is 0.968 bits per heavy atom. The van der Waals surface area contributed by atoms with Gasteiger partial charge in [0.25, 0.3) is 5.91 Å². The number of esters is 1. The second-order valence-electron chi connectivity index (χ2n) is 7.65. The van der Waals surface area contributed by atoms with E-state index in [1.165, 1.54) is 10.4 Å². The minimum Gasteiger partial charge on any atom is -0.462 e. The van der Waals surface area contributed by atoms with Gasteiger partial charge in [0.15, 0.2) is 0 Å². The molecule has 1 amide bonds. The van der Waals surface area contributed by atoms with Crippen molar-refractivity contribution >= 4 is 27.6 Å². The maximum absolute atomic E-state index is 13.1. The fourth-order valence-electron chi connectivity index (χ4n) is 3.60. The molecule has 3 rings (SSSR count). The van der Waals surface area contributed by atoms with E-state index in [0.717, 1.165) is 19.3 Å². The van der Waals surface area contributed by atoms with Crippen LogP contribution < -0.4 is 5.32 Å². The van der Waals surface area contributed by atoms with Crippen LogP contribution in [0, 0.1) is 13.8 Å². The number of aryl methyl sites for hydroxylation is 2. The summed E-state index contributed by atoms with van der Waals surface area (Å²) in [6, 6.07) is 9.58. The molecule has 1 aliphatic rings. The summed E-state index contributed by atoms with van der Waals surface area (Å²) in [5, 5.41) is 2.80. The van der Waals surface area contributed by atoms with Gasteiger partial charge in [0, 0.05) is 24.3 Å². The van der Waals surface area contributed by atoms with Crippen molar-refractivity contribution in [3.63, 3.8) is 0 Å². The van der Waals surface area contributed by atoms with E-state index < -0.39 is 21.9 Å². The molecule has 0 saturated carbocycles. The molecule has 0 aliphatic carbocycles. The number of anilines is 1. The molecule has 0 atom stereocenters. The van der Waals surface area contributed by atoms with Crippen LogP contribution in [0.25, 0.3) is 0 Å². The van der Waals surface area contributed by atoms with Crippen LogP contribution in [0.4, 0.5) is 5.69 Å². The number of piperidine rings is 1. The molecule has 7 nitrogen and oxygen atoms in total. The van der Waals surface area contributed by atoms with Crippen molar-refractivity contribution in [1.29, 1.82) is 0 Å². The molecule has 0 radical (unpaired) electrons. The number of hydrogen-bond donors (Lipinski definition) is 1. The Morgan fingerprint density at radius 2 is 1.65 bits per heavy atom. The van der Waals surface area contributed by atoms with E-state index >= 15 is 0 Å². The fraction of sp³-hybridized carbons (Fsp3) is 0.391. The minimum atomic E-state index is -3.65. The van der Waals surface area contributed by atoms with Crippen molar-refractivity contribution in [1.82, 2.24) is 4.31 Å². The van der Waals surface area contributed by atoms with E-state index in [4.69, 9.17) is 4.74 Å². The molecular weight excluding hydrogens is 416 g/mol. The van der Waals surface area contributed by atoms with Crippen LogP contribution in [0.15, 0.2) is 41.3 Å². The molecule has 1 aliphatic heterocycles. The highest BCUT2D eigenvalue weighted by Gasteiger charge is 2.28. The van der Waals surface area contributed by atoms with E-state index in [1.807, 2.05) is 0 Å². The van der Waals surface area contributed by atoms with Gasteiger partial charge in [0.1, 0.15) is 0 Å². The lowest BCUT2D eigenvalue weighted by Gasteiger charge is -2.26. The Hall–Kier alpha value is -2.71. The maximum Gasteiger partial charge on any atom is 0.338 e. The van der Waals surface area contributed by atoms with E-state index in [-0.39, 0.29) is 17.1 Å². The normalized spacial score (nSPS) is 14.8. The van der Waals surface area contributed by atoms with Gasteiger partial charge in [-0.1, -0.05) is 12.5 Å². The summed E-state index contributed by atoms with van der Waals surface area (Å²) in [6.45, 7) is 6.54. The average Bonchev–Trinajstić information content (AvgIpc) is 2.76. The molecule has 0 aromatic heterocycles. The minimum absolute atomic E-state index is 0.163. The lowest BCUT2D eigenvalue weighted by molar-refractivity contribution is 0.0526. The van der Waals surface area contributed by atoms with Crippen molar-refractivity contribution in [2.75, 3.05) is 25.0 Å². The largest absolute Gasteiger partial charge is 0.462 e. The van der Waals surface area contributed by atoms with Crippen LogP contribution in [0.3, 0.4) is 0 Å². The third kappa shape index (κ3) is 5.14. The highest BCUT2D eigenvalue weighted by atomic mass is 32.2. The first-order valence-corrected chi connectivity index (χ1v) is 11.9. The summed E-state index contributed by atoms with van der Waals surface area (Å²) < 4.78 is 32.7. The Kier molecular flexibility index (Phi) is 7.12. The molecule has 2 aromatic rings. The lowest BCUT2D eigenvalue weighted by Crippen LogP contribution is -2.36. The number of amides is 1. The van der Waals surface area contributed by atoms with Gasteiger partial charge in [-0.05, 0) is 75.1 Å². The van der Waals surface area contributed by atoms with E-state index in [2.05, 4.69) is 5.32 Å². The molecule has 1 saturated heterocycles. The van der Waals surface area contributed by atoms with Crippen LogP contribution >= 0.6 is 0 Å². The molecule has 0 spiro atoms. The highest BCUT2D eigenvalue weighted by Crippen LogP contribution is 2.25. The van der Waals surface area contributed by atoms with E-state index in [1.54, 1.807) is 51.1 Å². The van der Waals surface area contributed by atoms with Gasteiger partial charge in [-0.25, -0.2) is 13.2 Å². The second kappa shape index (κ2) is 9.62. The predicted molar refractivity (Wildman–Crippen MR) is 119 cm³/mol. The molecule has 1 fully saturated rings. The van der Waals surface area contributed by atoms with Gasteiger partial charge in [-0.2, -0.15) is 4.31 Å². The number of sulfonamides is 1. The molecule has 8 heteroatoms. The zero-order valence-corrected chi connectivity index (χ0v) is 18.9. The van der Waals surface area contributed by atoms with Crippen molar-refractivity contribution < 1.29 is 22.7 Å². The first kappa shape index (κ1) is 23.0. The van der Waals surface area contributed by atoms with Crippen molar-refractivity contribution in [2.45, 2.75) is 44.9 Å². The second-order valence-corrected chi connectivity index (χ2v) is 9.56. The number of nitrogens with zero attached hydrogens (tertiary/aromatic N) is 1. The first-order chi connectivity index (χ1) is 14.7. The number of carbonyl (C=O) groups is 2. The maximum atomic E-state index is 13.1. The van der Waals surface area contributed by atoms with Gasteiger partial charge >= 0.3 is 5.97 Å². The summed E-state index contributed by atoms with van der Waals surface area (Å²) in [5.41, 5.74) is 2.51. The van der Waals surface area contributed by atoms with Gasteiger partial charge in [0.2, 0.25) is 10.0 Å². The SMILES string of the molecule is CCOC(=O)c1ccc(NC(=O)c2ccc(C)c(S(=O)(=O)N3CCCCC3)c2)c(C)c1. The van der Waals surface area contributed by atoms with Gasteiger partial charge in [-0.15, -0.1) is 0 Å². The van der Waals surface area contributed by atoms with Crippen molar-refractivity contribution in [2.24, 2.45) is 0 Å². The Labute approximate surface area is 183 Å². The Bertz CT molecular complexity index is 1090. The summed E-state index contributed by atoms with van der Waals surface area (Å²) in [5.74, 6) is -0.836. The van der Waals surface area contributed by atoms with Crippen LogP contribution in [-0.4, -0.2) is 44.3 Å². The summed E-state index contributed by atoms with van der Waals surface area (Å²) >= 11 is 0. The predicted octanol–water partition coefficient (Wildman–Crippen LogP) is 3.91. The Balaban J connectivity index is 1.83. The van der Waals surface area contributed by atoms with Crippen molar-refractivity contribution in [3.8, 4) is 0 Å². The monoisotopic (exact) mass is 444 g/mol. The van der Waals surface area contributed by atoms with Crippen LogP contribution in [0.5, 0.6) is 0 Å². The average molecular weight is 445 g/mol. The van der Waals surface area contributed by atoms with Gasteiger partial charge in [-0.3, -0.25) is 4.79 Å². The number of ether oxygens (including phenoxy) is 1. The first-order valence-electron chi connectivity index (χ1n) is 10.4. The lowest BCUT2D eigenvalue weighted by atomic mass is 10.1. The molecule has 31 heavy (non-hydrogen) atoms. The number of nitrogens with one attached hydrogen (secondary N) is 1. The highest BCUT2D eigenvalue weighted by molar-refractivity contribution is 7.89. The smallest absolute Gasteiger partial charge is 0.338 e. The molecule has 166 valence electrons. The summed E-state index contributed by atoms with van der Waals surface area (Å²) in [6.07, 6.45) is 2.72. The molecule has 2 aromatic carbocycles. The zero-order chi connectivity index (χ0) is 22.6. The van der Waals surface area contributed by atoms with E-state index in [9.17, 15) is 18.0 Å². The van der Waals surface area contributed by atoms with Crippen LogP contribution in [0.2, 0.25) is 0 Å². The Morgan fingerprint density at radius 3 is 2.29 bits per heavy atom. The molecule has 1 heterocycles. The zero-order valence-electron chi connectivity index (χ0n) is 18.1. The third-order valence-electron chi connectivity index (χ3n) is 5.37. The topological polar surface area (TPSA) is 92.8 Å². The number of hydrogen-bond acceptors (Lipinski definition) is 5. The van der Waals surface area contributed by atoms with Gasteiger partial charge < -0.3 is 10.1 Å². The van der Waals surface area contributed by atoms with Crippen molar-refractivity contribution in [3.05, 3.63) is 58.7 Å². The van der Waals surface area contributed by atoms with Crippen LogP contribution in [-0.2, 0) is 14.8 Å². The van der Waals surface area contributed by atoms with Crippen LogP contribution in [0.1, 0.15) is 58.0 Å². The number of rotatable bonds is 6. The summed E-state index contributed by atoms with van der Waals surface area (Å²) in [4.78, 5) is 24.9. The third-order valence-corrected chi connectivity index (χ3v) is 7.41. The quantitative estimate of drug-likeness (QED) is 0.682.